The maximum atomic E-state index is 11.1. The fraction of sp³-hybridized carbons (Fsp3) is 0.750. The SMILES string of the molecule is NC(=O)[C@H]1[C@H]2CC[C@H]1C(=O)C2. The number of fused-ring (bicyclic) bond motifs is 2. The van der Waals surface area contributed by atoms with Crippen LogP contribution in [0.25, 0.3) is 0 Å². The molecule has 60 valence electrons. The molecular weight excluding hydrogens is 142 g/mol. The summed E-state index contributed by atoms with van der Waals surface area (Å²) in [4.78, 5) is 22.0. The highest BCUT2D eigenvalue weighted by Crippen LogP contribution is 2.46. The molecule has 2 aliphatic rings. The Kier molecular flexibility index (Phi) is 1.28. The Hall–Kier alpha value is -0.860. The van der Waals surface area contributed by atoms with Gasteiger partial charge in [-0.1, -0.05) is 0 Å². The van der Waals surface area contributed by atoms with Gasteiger partial charge in [-0.2, -0.15) is 0 Å². The Morgan fingerprint density at radius 2 is 2.18 bits per heavy atom. The molecule has 2 aliphatic carbocycles. The van der Waals surface area contributed by atoms with E-state index < -0.39 is 0 Å². The zero-order valence-corrected chi connectivity index (χ0v) is 6.25. The second kappa shape index (κ2) is 2.06. The fourth-order valence-corrected chi connectivity index (χ4v) is 2.51. The Morgan fingerprint density at radius 3 is 2.45 bits per heavy atom. The minimum absolute atomic E-state index is 0.0162. The highest BCUT2D eigenvalue weighted by Gasteiger charge is 2.49. The van der Waals surface area contributed by atoms with Crippen molar-refractivity contribution < 1.29 is 9.59 Å². The lowest BCUT2D eigenvalue weighted by Gasteiger charge is -2.07. The van der Waals surface area contributed by atoms with Gasteiger partial charge >= 0.3 is 0 Å². The van der Waals surface area contributed by atoms with Gasteiger partial charge in [0.25, 0.3) is 0 Å². The number of ketones is 1. The van der Waals surface area contributed by atoms with Crippen molar-refractivity contribution in [3.63, 3.8) is 0 Å². The van der Waals surface area contributed by atoms with Crippen molar-refractivity contribution in [2.75, 3.05) is 0 Å². The molecule has 2 N–H and O–H groups in total. The standard InChI is InChI=1S/C8H11NO2/c9-8(11)7-4-1-2-5(7)6(10)3-4/h4-5,7H,1-3H2,(H2,9,11)/t4-,5-,7-/m0/s1. The number of Topliss-reactive ketones (excluding diaryl/α,β-unsaturated/α-hetero) is 1. The molecule has 0 spiro atoms. The molecule has 2 bridgehead atoms. The lowest BCUT2D eigenvalue weighted by Crippen LogP contribution is -2.27. The third-order valence-electron chi connectivity index (χ3n) is 3.00. The number of carbonyl (C=O) groups is 2. The van der Waals surface area contributed by atoms with Crippen LogP contribution in [0.1, 0.15) is 19.3 Å². The van der Waals surface area contributed by atoms with Crippen LogP contribution in [0.4, 0.5) is 0 Å². The van der Waals surface area contributed by atoms with E-state index in [0.29, 0.717) is 6.42 Å². The van der Waals surface area contributed by atoms with Crippen molar-refractivity contribution in [1.29, 1.82) is 0 Å². The van der Waals surface area contributed by atoms with E-state index in [1.54, 1.807) is 0 Å². The van der Waals surface area contributed by atoms with Crippen molar-refractivity contribution in [1.82, 2.24) is 0 Å². The van der Waals surface area contributed by atoms with Crippen molar-refractivity contribution >= 4 is 11.7 Å². The highest BCUT2D eigenvalue weighted by molar-refractivity contribution is 5.93. The predicted octanol–water partition coefficient (Wildman–Crippen LogP) is 0.0869. The maximum absolute atomic E-state index is 11.1. The summed E-state index contributed by atoms with van der Waals surface area (Å²) < 4.78 is 0. The summed E-state index contributed by atoms with van der Waals surface area (Å²) in [6, 6.07) is 0. The molecule has 3 atom stereocenters. The third kappa shape index (κ3) is 0.800. The third-order valence-corrected chi connectivity index (χ3v) is 3.00. The Bertz CT molecular complexity index is 224. The number of hydrogen-bond donors (Lipinski definition) is 1. The van der Waals surface area contributed by atoms with E-state index in [2.05, 4.69) is 0 Å². The summed E-state index contributed by atoms with van der Waals surface area (Å²) in [6.45, 7) is 0. The lowest BCUT2D eigenvalue weighted by molar-refractivity contribution is -0.127. The number of rotatable bonds is 1. The average molecular weight is 153 g/mol. The summed E-state index contributed by atoms with van der Waals surface area (Å²) >= 11 is 0. The lowest BCUT2D eigenvalue weighted by atomic mass is 9.97. The molecule has 0 aromatic rings. The van der Waals surface area contributed by atoms with Gasteiger partial charge in [-0.3, -0.25) is 9.59 Å². The summed E-state index contributed by atoms with van der Waals surface area (Å²) in [6.07, 6.45) is 2.50. The van der Waals surface area contributed by atoms with E-state index in [4.69, 9.17) is 5.73 Å². The van der Waals surface area contributed by atoms with Crippen LogP contribution in [0.3, 0.4) is 0 Å². The molecule has 0 aromatic carbocycles. The first-order chi connectivity index (χ1) is 5.20. The van der Waals surface area contributed by atoms with Crippen molar-refractivity contribution in [2.24, 2.45) is 23.5 Å². The first kappa shape index (κ1) is 6.83. The van der Waals surface area contributed by atoms with Gasteiger partial charge in [-0.15, -0.1) is 0 Å². The smallest absolute Gasteiger partial charge is 0.221 e. The average Bonchev–Trinajstić information content (AvgIpc) is 2.41. The minimum Gasteiger partial charge on any atom is -0.369 e. The van der Waals surface area contributed by atoms with Crippen LogP contribution in [0.2, 0.25) is 0 Å². The second-order valence-electron chi connectivity index (χ2n) is 3.54. The molecule has 3 heteroatoms. The van der Waals surface area contributed by atoms with E-state index in [9.17, 15) is 9.59 Å². The predicted molar refractivity (Wildman–Crippen MR) is 38.5 cm³/mol. The zero-order valence-electron chi connectivity index (χ0n) is 6.25. The van der Waals surface area contributed by atoms with Crippen LogP contribution < -0.4 is 5.73 Å². The van der Waals surface area contributed by atoms with Gasteiger partial charge in [0, 0.05) is 12.3 Å². The topological polar surface area (TPSA) is 60.2 Å². The molecule has 0 radical (unpaired) electrons. The largest absolute Gasteiger partial charge is 0.369 e. The molecule has 2 fully saturated rings. The van der Waals surface area contributed by atoms with E-state index >= 15 is 0 Å². The Balaban J connectivity index is 2.25. The molecular formula is C8H11NO2. The van der Waals surface area contributed by atoms with Gasteiger partial charge in [-0.25, -0.2) is 0 Å². The molecule has 3 nitrogen and oxygen atoms in total. The van der Waals surface area contributed by atoms with Gasteiger partial charge in [0.15, 0.2) is 0 Å². The molecule has 0 aliphatic heterocycles. The second-order valence-corrected chi connectivity index (χ2v) is 3.54. The van der Waals surface area contributed by atoms with Gasteiger partial charge in [0.05, 0.1) is 5.92 Å². The van der Waals surface area contributed by atoms with Crippen molar-refractivity contribution in [3.05, 3.63) is 0 Å². The number of nitrogens with two attached hydrogens (primary N) is 1. The van der Waals surface area contributed by atoms with Crippen LogP contribution in [-0.2, 0) is 9.59 Å². The highest BCUT2D eigenvalue weighted by atomic mass is 16.1. The number of primary amides is 1. The van der Waals surface area contributed by atoms with Crippen molar-refractivity contribution in [2.45, 2.75) is 19.3 Å². The van der Waals surface area contributed by atoms with E-state index in [1.165, 1.54) is 0 Å². The number of hydrogen-bond acceptors (Lipinski definition) is 2. The summed E-state index contributed by atoms with van der Waals surface area (Å²) in [5.41, 5.74) is 5.19. The molecule has 0 heterocycles. The maximum Gasteiger partial charge on any atom is 0.221 e. The monoisotopic (exact) mass is 153 g/mol. The Labute approximate surface area is 64.9 Å². The normalized spacial score (nSPS) is 41.5. The number of amides is 1. The van der Waals surface area contributed by atoms with Crippen LogP contribution >= 0.6 is 0 Å². The summed E-state index contributed by atoms with van der Waals surface area (Å²) in [5.74, 6) is 0.124. The van der Waals surface area contributed by atoms with Crippen molar-refractivity contribution in [3.8, 4) is 0 Å². The molecule has 11 heavy (non-hydrogen) atoms. The molecule has 1 amide bonds. The molecule has 0 saturated heterocycles. The van der Waals surface area contributed by atoms with Crippen LogP contribution in [-0.4, -0.2) is 11.7 Å². The van der Waals surface area contributed by atoms with Gasteiger partial charge in [0.1, 0.15) is 5.78 Å². The quantitative estimate of drug-likeness (QED) is 0.580. The van der Waals surface area contributed by atoms with Crippen LogP contribution in [0.5, 0.6) is 0 Å². The minimum atomic E-state index is -0.275. The van der Waals surface area contributed by atoms with E-state index in [0.717, 1.165) is 12.8 Å². The van der Waals surface area contributed by atoms with Crippen LogP contribution in [0.15, 0.2) is 0 Å². The van der Waals surface area contributed by atoms with Gasteiger partial charge in [-0.05, 0) is 18.8 Å². The molecule has 0 aromatic heterocycles. The van der Waals surface area contributed by atoms with E-state index in [-0.39, 0.29) is 29.4 Å². The van der Waals surface area contributed by atoms with Gasteiger partial charge in [0.2, 0.25) is 5.91 Å². The zero-order chi connectivity index (χ0) is 8.01. The molecule has 2 saturated carbocycles. The Morgan fingerprint density at radius 1 is 1.45 bits per heavy atom. The number of carbonyl (C=O) groups excluding carboxylic acids is 2. The first-order valence-electron chi connectivity index (χ1n) is 4.02. The fourth-order valence-electron chi connectivity index (χ4n) is 2.51. The van der Waals surface area contributed by atoms with E-state index in [1.807, 2.05) is 0 Å². The van der Waals surface area contributed by atoms with Gasteiger partial charge < -0.3 is 5.73 Å². The first-order valence-corrected chi connectivity index (χ1v) is 4.02. The van der Waals surface area contributed by atoms with Crippen LogP contribution in [0, 0.1) is 17.8 Å². The summed E-state index contributed by atoms with van der Waals surface area (Å²) in [7, 11) is 0. The summed E-state index contributed by atoms with van der Waals surface area (Å²) in [5, 5.41) is 0. The molecule has 0 unspecified atom stereocenters. The molecule has 2 rings (SSSR count).